The van der Waals surface area contributed by atoms with Crippen LogP contribution in [0.5, 0.6) is 0 Å². The maximum atomic E-state index is 12.0. The highest BCUT2D eigenvalue weighted by Gasteiger charge is 2.80. The number of hydrogen-bond acceptors (Lipinski definition) is 4. The zero-order valence-corrected chi connectivity index (χ0v) is 15.5. The molecule has 0 radical (unpaired) electrons. The Labute approximate surface area is 154 Å². The van der Waals surface area contributed by atoms with Crippen molar-refractivity contribution in [3.8, 4) is 0 Å². The highest BCUT2D eigenvalue weighted by molar-refractivity contribution is 5.92. The average molecular weight is 354 g/mol. The van der Waals surface area contributed by atoms with Crippen molar-refractivity contribution in [2.24, 2.45) is 22.7 Å². The summed E-state index contributed by atoms with van der Waals surface area (Å²) in [6, 6.07) is 0. The normalized spacial score (nSPS) is 56.4. The van der Waals surface area contributed by atoms with Gasteiger partial charge in [0.1, 0.15) is 11.2 Å². The molecule has 6 aliphatic rings. The van der Waals surface area contributed by atoms with Gasteiger partial charge in [0, 0.05) is 29.6 Å². The molecule has 0 aromatic carbocycles. The third kappa shape index (κ3) is 1.47. The summed E-state index contributed by atoms with van der Waals surface area (Å²) in [7, 11) is 0. The van der Waals surface area contributed by atoms with E-state index in [4.69, 9.17) is 9.47 Å². The molecule has 2 saturated heterocycles. The second-order valence-corrected chi connectivity index (χ2v) is 9.92. The Bertz CT molecular complexity index is 811. The summed E-state index contributed by atoms with van der Waals surface area (Å²) in [6.45, 7) is 4.66. The van der Waals surface area contributed by atoms with Crippen molar-refractivity contribution in [3.63, 3.8) is 0 Å². The molecule has 6 rings (SSSR count). The smallest absolute Gasteiger partial charge is 0.306 e. The van der Waals surface area contributed by atoms with Crippen molar-refractivity contribution >= 4 is 11.8 Å². The largest absolute Gasteiger partial charge is 0.458 e. The average Bonchev–Trinajstić information content (AvgIpc) is 3.08. The van der Waals surface area contributed by atoms with Gasteiger partial charge in [-0.15, -0.1) is 0 Å². The van der Waals surface area contributed by atoms with Gasteiger partial charge in [0.25, 0.3) is 0 Å². The van der Waals surface area contributed by atoms with Gasteiger partial charge in [0.05, 0.1) is 6.10 Å². The van der Waals surface area contributed by atoms with Crippen LogP contribution in [0.1, 0.15) is 58.8 Å². The number of allylic oxidation sites excluding steroid dienone is 2. The molecule has 0 amide bonds. The molecule has 2 aliphatic heterocycles. The van der Waals surface area contributed by atoms with Crippen molar-refractivity contribution in [2.45, 2.75) is 76.1 Å². The van der Waals surface area contributed by atoms with Crippen LogP contribution >= 0.6 is 0 Å². The molecule has 26 heavy (non-hydrogen) atoms. The molecule has 4 fully saturated rings. The van der Waals surface area contributed by atoms with E-state index in [1.807, 2.05) is 6.08 Å². The molecule has 2 saturated carbocycles. The van der Waals surface area contributed by atoms with E-state index in [0.29, 0.717) is 24.7 Å². The van der Waals surface area contributed by atoms with Crippen LogP contribution in [0.2, 0.25) is 0 Å². The van der Waals surface area contributed by atoms with Gasteiger partial charge < -0.3 is 9.47 Å². The minimum atomic E-state index is -0.278. The van der Waals surface area contributed by atoms with Gasteiger partial charge in [-0.2, -0.15) is 0 Å². The molecule has 4 aliphatic carbocycles. The summed E-state index contributed by atoms with van der Waals surface area (Å²) in [5.74, 6) is 1.06. The van der Waals surface area contributed by atoms with Crippen molar-refractivity contribution in [1.82, 2.24) is 0 Å². The van der Waals surface area contributed by atoms with Crippen LogP contribution in [-0.4, -0.2) is 29.1 Å². The van der Waals surface area contributed by atoms with Crippen LogP contribution in [0.3, 0.4) is 0 Å². The first-order valence-corrected chi connectivity index (χ1v) is 10.2. The number of epoxide rings is 1. The first kappa shape index (κ1) is 15.6. The standard InChI is InChI=1S/C22H26O4/c1-19-8-5-14(23)11-13(19)3-4-16-15-6-9-21(10-7-18(24)26-21)20(15,2)12-17-22(16,19)25-17/h3-4,11,15-17H,5-10,12H2,1-2H3/t15?,16?,17-,19+,20+,21-,22+/m1/s1. The SMILES string of the molecule is C[C@]12CCC(=O)C=C1C=CC1C3CC[C@@]4(CCC(=O)O4)[C@@]3(C)C[C@H]3O[C@@]132. The fraction of sp³-hybridized carbons (Fsp3) is 0.727. The van der Waals surface area contributed by atoms with Gasteiger partial charge in [-0.25, -0.2) is 0 Å². The van der Waals surface area contributed by atoms with E-state index in [9.17, 15) is 9.59 Å². The minimum Gasteiger partial charge on any atom is -0.458 e. The van der Waals surface area contributed by atoms with E-state index < -0.39 is 0 Å². The molecular formula is C22H26O4. The van der Waals surface area contributed by atoms with Crippen LogP contribution in [0.15, 0.2) is 23.8 Å². The number of fused-ring (bicyclic) bond motifs is 4. The van der Waals surface area contributed by atoms with Crippen LogP contribution < -0.4 is 0 Å². The Morgan fingerprint density at radius 1 is 1.12 bits per heavy atom. The molecule has 4 heteroatoms. The third-order valence-electron chi connectivity index (χ3n) is 9.23. The van der Waals surface area contributed by atoms with Crippen molar-refractivity contribution in [2.75, 3.05) is 0 Å². The number of esters is 1. The Morgan fingerprint density at radius 3 is 2.73 bits per heavy atom. The molecule has 0 aromatic rings. The molecule has 138 valence electrons. The Morgan fingerprint density at radius 2 is 1.96 bits per heavy atom. The van der Waals surface area contributed by atoms with Crippen LogP contribution in [0.4, 0.5) is 0 Å². The lowest BCUT2D eigenvalue weighted by atomic mass is 9.47. The zero-order chi connectivity index (χ0) is 17.9. The maximum absolute atomic E-state index is 12.0. The number of ether oxygens (including phenoxy) is 2. The summed E-state index contributed by atoms with van der Waals surface area (Å²) in [4.78, 5) is 23.9. The number of carbonyl (C=O) groups is 2. The van der Waals surface area contributed by atoms with E-state index in [-0.39, 0.29) is 39.9 Å². The predicted molar refractivity (Wildman–Crippen MR) is 94.2 cm³/mol. The summed E-state index contributed by atoms with van der Waals surface area (Å²) in [5, 5.41) is 0. The molecule has 7 atom stereocenters. The molecule has 2 spiro atoms. The molecular weight excluding hydrogens is 328 g/mol. The highest BCUT2D eigenvalue weighted by Crippen LogP contribution is 2.76. The summed E-state index contributed by atoms with van der Waals surface area (Å²) >= 11 is 0. The van der Waals surface area contributed by atoms with Gasteiger partial charge >= 0.3 is 5.97 Å². The second-order valence-electron chi connectivity index (χ2n) is 9.92. The predicted octanol–water partition coefficient (Wildman–Crippen LogP) is 3.50. The lowest BCUT2D eigenvalue weighted by Gasteiger charge is -2.54. The van der Waals surface area contributed by atoms with Gasteiger partial charge in [-0.3, -0.25) is 9.59 Å². The first-order valence-electron chi connectivity index (χ1n) is 10.2. The molecule has 0 N–H and O–H groups in total. The van der Waals surface area contributed by atoms with E-state index >= 15 is 0 Å². The van der Waals surface area contributed by atoms with Crippen molar-refractivity contribution in [3.05, 3.63) is 23.8 Å². The lowest BCUT2D eigenvalue weighted by Crippen LogP contribution is -2.58. The molecule has 4 nitrogen and oxygen atoms in total. The number of rotatable bonds is 0. The van der Waals surface area contributed by atoms with Gasteiger partial charge in [0.15, 0.2) is 5.78 Å². The van der Waals surface area contributed by atoms with Gasteiger partial charge in [-0.05, 0) is 49.7 Å². The van der Waals surface area contributed by atoms with Gasteiger partial charge in [-0.1, -0.05) is 26.0 Å². The molecule has 0 bridgehead atoms. The summed E-state index contributed by atoms with van der Waals surface area (Å²) in [5.41, 5.74) is 0.679. The molecule has 2 heterocycles. The molecule has 2 unspecified atom stereocenters. The Balaban J connectivity index is 1.46. The monoisotopic (exact) mass is 354 g/mol. The minimum absolute atomic E-state index is 0.000890. The fourth-order valence-corrected chi connectivity index (χ4v) is 7.73. The van der Waals surface area contributed by atoms with Gasteiger partial charge in [0.2, 0.25) is 0 Å². The quantitative estimate of drug-likeness (QED) is 0.493. The number of hydrogen-bond donors (Lipinski definition) is 0. The van der Waals surface area contributed by atoms with Crippen LogP contribution in [0.25, 0.3) is 0 Å². The van der Waals surface area contributed by atoms with E-state index in [2.05, 4.69) is 26.0 Å². The third-order valence-corrected chi connectivity index (χ3v) is 9.23. The lowest BCUT2D eigenvalue weighted by molar-refractivity contribution is -0.162. The first-order chi connectivity index (χ1) is 12.3. The second kappa shape index (κ2) is 4.35. The zero-order valence-electron chi connectivity index (χ0n) is 15.5. The van der Waals surface area contributed by atoms with E-state index in [1.54, 1.807) is 0 Å². The highest BCUT2D eigenvalue weighted by atomic mass is 16.6. The van der Waals surface area contributed by atoms with E-state index in [1.165, 1.54) is 0 Å². The van der Waals surface area contributed by atoms with E-state index in [0.717, 1.165) is 37.7 Å². The molecule has 0 aromatic heterocycles. The topological polar surface area (TPSA) is 55.9 Å². The fourth-order valence-electron chi connectivity index (χ4n) is 7.73. The number of ketones is 1. The summed E-state index contributed by atoms with van der Waals surface area (Å²) < 4.78 is 12.6. The summed E-state index contributed by atoms with van der Waals surface area (Å²) in [6.07, 6.45) is 12.6. The van der Waals surface area contributed by atoms with Crippen molar-refractivity contribution in [1.29, 1.82) is 0 Å². The van der Waals surface area contributed by atoms with Crippen LogP contribution in [-0.2, 0) is 19.1 Å². The maximum Gasteiger partial charge on any atom is 0.306 e. The number of carbonyl (C=O) groups excluding carboxylic acids is 2. The van der Waals surface area contributed by atoms with Crippen LogP contribution in [0, 0.1) is 22.7 Å². The Kier molecular flexibility index (Phi) is 2.61. The van der Waals surface area contributed by atoms with Crippen molar-refractivity contribution < 1.29 is 19.1 Å². The Hall–Kier alpha value is -1.42.